The van der Waals surface area contributed by atoms with Gasteiger partial charge in [0, 0.05) is 22.0 Å². The lowest BCUT2D eigenvalue weighted by molar-refractivity contribution is -0.267. The van der Waals surface area contributed by atoms with Crippen LogP contribution in [0.3, 0.4) is 0 Å². The van der Waals surface area contributed by atoms with Gasteiger partial charge >= 0.3 is 12.1 Å². The fraction of sp³-hybridized carbons (Fsp3) is 0.350. The molecule has 0 aliphatic rings. The predicted molar refractivity (Wildman–Crippen MR) is 115 cm³/mol. The molecule has 0 saturated carbocycles. The minimum atomic E-state index is -5.17. The molecule has 2 atom stereocenters. The van der Waals surface area contributed by atoms with Gasteiger partial charge in [0.15, 0.2) is 15.4 Å². The summed E-state index contributed by atoms with van der Waals surface area (Å²) in [6.45, 7) is 0. The molecule has 2 aromatic carbocycles. The molecule has 0 aliphatic carbocycles. The number of aliphatic hydroxyl groups is 1. The van der Waals surface area contributed by atoms with Crippen molar-refractivity contribution in [2.75, 3.05) is 11.5 Å². The van der Waals surface area contributed by atoms with Crippen molar-refractivity contribution in [2.45, 2.75) is 30.7 Å². The van der Waals surface area contributed by atoms with Crippen LogP contribution in [0.1, 0.15) is 18.4 Å². The number of aliphatic carboxylic acids is 1. The lowest BCUT2D eigenvalue weighted by atomic mass is 9.89. The predicted octanol–water partition coefficient (Wildman–Crippen LogP) is 4.02. The fourth-order valence-corrected chi connectivity index (χ4v) is 4.88. The summed E-state index contributed by atoms with van der Waals surface area (Å²) >= 11 is 12.0. The lowest BCUT2D eigenvalue weighted by Gasteiger charge is -2.31. The first-order valence-electron chi connectivity index (χ1n) is 9.20. The van der Waals surface area contributed by atoms with Crippen molar-refractivity contribution in [3.05, 3.63) is 58.1 Å². The largest absolute Gasteiger partial charge is 0.480 e. The Hall–Kier alpha value is -1.85. The zero-order chi connectivity index (χ0) is 24.3. The summed E-state index contributed by atoms with van der Waals surface area (Å²) < 4.78 is 65.4. The number of alkyl halides is 3. The zero-order valence-corrected chi connectivity index (χ0v) is 18.8. The van der Waals surface area contributed by atoms with Gasteiger partial charge in [-0.3, -0.25) is 4.79 Å². The maximum atomic E-state index is 13.7. The number of carbonyl (C=O) groups is 1. The highest BCUT2D eigenvalue weighted by atomic mass is 35.5. The summed E-state index contributed by atoms with van der Waals surface area (Å²) in [7, 11) is -4.11. The lowest BCUT2D eigenvalue weighted by Crippen LogP contribution is -2.44. The summed E-state index contributed by atoms with van der Waals surface area (Å²) in [5.74, 6) is -3.16. The Morgan fingerprint density at radius 1 is 1.06 bits per heavy atom. The Bertz CT molecular complexity index is 1080. The van der Waals surface area contributed by atoms with Crippen LogP contribution >= 0.6 is 23.2 Å². The molecule has 6 nitrogen and oxygen atoms in total. The third kappa shape index (κ3) is 6.35. The maximum Gasteiger partial charge on any atom is 0.421 e. The van der Waals surface area contributed by atoms with E-state index in [4.69, 9.17) is 34.0 Å². The number of hydrogen-bond donors (Lipinski definition) is 3. The average Bonchev–Trinajstić information content (AvgIpc) is 2.69. The minimum absolute atomic E-state index is 0.280. The van der Waals surface area contributed by atoms with Gasteiger partial charge in [-0.25, -0.2) is 8.42 Å². The highest BCUT2D eigenvalue weighted by Crippen LogP contribution is 2.42. The van der Waals surface area contributed by atoms with Crippen molar-refractivity contribution < 1.29 is 36.6 Å². The van der Waals surface area contributed by atoms with Gasteiger partial charge in [-0.1, -0.05) is 53.5 Å². The van der Waals surface area contributed by atoms with Gasteiger partial charge in [-0.05, 0) is 29.7 Å². The second kappa shape index (κ2) is 9.96. The number of nitrogens with two attached hydrogens (primary N) is 1. The van der Waals surface area contributed by atoms with Crippen LogP contribution in [-0.4, -0.2) is 48.3 Å². The van der Waals surface area contributed by atoms with Gasteiger partial charge in [0.2, 0.25) is 0 Å². The van der Waals surface area contributed by atoms with E-state index in [0.29, 0.717) is 16.1 Å². The summed E-state index contributed by atoms with van der Waals surface area (Å²) in [6, 6.07) is 7.89. The van der Waals surface area contributed by atoms with Crippen LogP contribution < -0.4 is 5.73 Å². The van der Waals surface area contributed by atoms with Crippen LogP contribution in [0.5, 0.6) is 0 Å². The van der Waals surface area contributed by atoms with E-state index in [1.807, 2.05) is 0 Å². The number of halogens is 5. The van der Waals surface area contributed by atoms with E-state index < -0.39 is 63.5 Å². The van der Waals surface area contributed by atoms with Crippen molar-refractivity contribution in [1.82, 2.24) is 0 Å². The van der Waals surface area contributed by atoms with Crippen molar-refractivity contribution >= 4 is 39.0 Å². The van der Waals surface area contributed by atoms with Crippen molar-refractivity contribution in [2.24, 2.45) is 5.73 Å². The number of carboxylic acid groups (broad SMARTS) is 1. The molecule has 0 bridgehead atoms. The van der Waals surface area contributed by atoms with Crippen LogP contribution in [0.15, 0.2) is 42.5 Å². The second-order valence-electron chi connectivity index (χ2n) is 7.19. The number of hydrogen-bond acceptors (Lipinski definition) is 5. The Morgan fingerprint density at radius 3 is 2.16 bits per heavy atom. The molecule has 0 aromatic heterocycles. The number of rotatable bonds is 9. The Labute approximate surface area is 192 Å². The molecule has 4 N–H and O–H groups in total. The van der Waals surface area contributed by atoms with Crippen molar-refractivity contribution in [3.8, 4) is 11.1 Å². The molecular formula is C20H20Cl2F3NO5S. The molecule has 0 heterocycles. The van der Waals surface area contributed by atoms with Gasteiger partial charge in [-0.2, -0.15) is 13.2 Å². The van der Waals surface area contributed by atoms with E-state index in [1.165, 1.54) is 18.2 Å². The monoisotopic (exact) mass is 513 g/mol. The summed E-state index contributed by atoms with van der Waals surface area (Å²) in [4.78, 5) is 10.7. The van der Waals surface area contributed by atoms with Crippen LogP contribution in [0.2, 0.25) is 10.0 Å². The standard InChI is InChI=1S/C20H20Cl2F3NO5S/c21-14-5-6-15(16(22)11-14)12-1-3-13(4-2-12)19(29,20(23,24)25)8-10-32(30,31)9-7-17(26)18(27)28/h1-6,11,17,29H,7-10,26H2,(H,27,28)/t17-,19?/m0/s1. The number of sulfone groups is 1. The fourth-order valence-electron chi connectivity index (χ4n) is 2.93. The molecular weight excluding hydrogens is 494 g/mol. The first kappa shape index (κ1) is 26.4. The zero-order valence-electron chi connectivity index (χ0n) is 16.4. The van der Waals surface area contributed by atoms with Crippen molar-refractivity contribution in [3.63, 3.8) is 0 Å². The second-order valence-corrected chi connectivity index (χ2v) is 10.3. The molecule has 0 saturated heterocycles. The molecule has 0 aliphatic heterocycles. The Morgan fingerprint density at radius 2 is 1.66 bits per heavy atom. The van der Waals surface area contributed by atoms with Gasteiger partial charge in [0.05, 0.1) is 11.5 Å². The summed E-state index contributed by atoms with van der Waals surface area (Å²) in [6.07, 6.45) is -6.79. The average molecular weight is 514 g/mol. The van der Waals surface area contributed by atoms with E-state index in [-0.39, 0.29) is 5.02 Å². The van der Waals surface area contributed by atoms with Crippen LogP contribution in [0.25, 0.3) is 11.1 Å². The highest BCUT2D eigenvalue weighted by molar-refractivity contribution is 7.91. The maximum absolute atomic E-state index is 13.7. The van der Waals surface area contributed by atoms with Crippen LogP contribution in [0, 0.1) is 0 Å². The Balaban J connectivity index is 2.26. The first-order valence-corrected chi connectivity index (χ1v) is 11.8. The van der Waals surface area contributed by atoms with Crippen molar-refractivity contribution in [1.29, 1.82) is 0 Å². The molecule has 1 unspecified atom stereocenters. The van der Waals surface area contributed by atoms with E-state index in [1.54, 1.807) is 12.1 Å². The van der Waals surface area contributed by atoms with Gasteiger partial charge in [0.25, 0.3) is 0 Å². The molecule has 32 heavy (non-hydrogen) atoms. The molecule has 2 rings (SSSR count). The van der Waals surface area contributed by atoms with Gasteiger partial charge in [0.1, 0.15) is 6.04 Å². The van der Waals surface area contributed by atoms with Gasteiger partial charge in [-0.15, -0.1) is 0 Å². The molecule has 0 fully saturated rings. The van der Waals surface area contributed by atoms with Gasteiger partial charge < -0.3 is 15.9 Å². The third-order valence-electron chi connectivity index (χ3n) is 4.91. The molecule has 0 amide bonds. The molecule has 0 spiro atoms. The first-order chi connectivity index (χ1) is 14.7. The molecule has 2 aromatic rings. The normalized spacial score (nSPS) is 15.2. The van der Waals surface area contributed by atoms with E-state index in [9.17, 15) is 31.5 Å². The number of benzene rings is 2. The SMILES string of the molecule is N[C@@H](CCS(=O)(=O)CCC(O)(c1ccc(-c2ccc(Cl)cc2Cl)cc1)C(F)(F)F)C(=O)O. The molecule has 176 valence electrons. The number of carboxylic acids is 1. The minimum Gasteiger partial charge on any atom is -0.480 e. The topological polar surface area (TPSA) is 118 Å². The smallest absolute Gasteiger partial charge is 0.421 e. The van der Waals surface area contributed by atoms with Crippen LogP contribution in [0.4, 0.5) is 13.2 Å². The van der Waals surface area contributed by atoms with Crippen LogP contribution in [-0.2, 0) is 20.2 Å². The quantitative estimate of drug-likeness (QED) is 0.466. The molecule has 12 heteroatoms. The van der Waals surface area contributed by atoms with E-state index >= 15 is 0 Å². The van der Waals surface area contributed by atoms with E-state index in [2.05, 4.69) is 0 Å². The summed E-state index contributed by atoms with van der Waals surface area (Å²) in [5, 5.41) is 19.8. The summed E-state index contributed by atoms with van der Waals surface area (Å²) in [5.41, 5.74) is 2.24. The molecule has 0 radical (unpaired) electrons. The Kier molecular flexibility index (Phi) is 8.22. The highest BCUT2D eigenvalue weighted by Gasteiger charge is 2.55. The third-order valence-corrected chi connectivity index (χ3v) is 7.14. The van der Waals surface area contributed by atoms with E-state index in [0.717, 1.165) is 12.1 Å².